The van der Waals surface area contributed by atoms with Crippen molar-refractivity contribution in [2.24, 2.45) is 5.73 Å². The highest BCUT2D eigenvalue weighted by Crippen LogP contribution is 2.21. The van der Waals surface area contributed by atoms with E-state index in [2.05, 4.69) is 13.0 Å². The summed E-state index contributed by atoms with van der Waals surface area (Å²) in [7, 11) is 0. The number of aryl methyl sites for hydroxylation is 1. The van der Waals surface area contributed by atoms with Gasteiger partial charge in [-0.15, -0.1) is 0 Å². The van der Waals surface area contributed by atoms with Gasteiger partial charge in [0.2, 0.25) is 0 Å². The molecule has 0 saturated heterocycles. The first-order chi connectivity index (χ1) is 6.13. The molecule has 1 aromatic rings. The van der Waals surface area contributed by atoms with Gasteiger partial charge in [-0.1, -0.05) is 31.0 Å². The Bertz CT molecular complexity index is 263. The predicted octanol–water partition coefficient (Wildman–Crippen LogP) is 3.45. The molecule has 0 aliphatic rings. The molecule has 0 spiro atoms. The van der Waals surface area contributed by atoms with Crippen LogP contribution in [0.4, 0.5) is 0 Å². The quantitative estimate of drug-likeness (QED) is 0.790. The number of rotatable bonds is 3. The molecular weight excluding hydrogens is 182 g/mol. The third-order valence-electron chi connectivity index (χ3n) is 2.09. The molecule has 13 heavy (non-hydrogen) atoms. The van der Waals surface area contributed by atoms with Crippen LogP contribution in [0, 0.1) is 6.92 Å². The lowest BCUT2D eigenvalue weighted by Crippen LogP contribution is -2.09. The van der Waals surface area contributed by atoms with Crippen LogP contribution >= 0.6 is 11.6 Å². The summed E-state index contributed by atoms with van der Waals surface area (Å²) in [5.41, 5.74) is 8.30. The zero-order valence-electron chi connectivity index (χ0n) is 8.18. The van der Waals surface area contributed by atoms with Crippen molar-refractivity contribution in [3.05, 3.63) is 34.3 Å². The molecule has 0 saturated carbocycles. The Morgan fingerprint density at radius 1 is 1.38 bits per heavy atom. The van der Waals surface area contributed by atoms with Gasteiger partial charge in [-0.25, -0.2) is 0 Å². The molecule has 0 fully saturated rings. The highest BCUT2D eigenvalue weighted by Gasteiger charge is 2.05. The normalized spacial score (nSPS) is 12.9. The fourth-order valence-electron chi connectivity index (χ4n) is 1.46. The van der Waals surface area contributed by atoms with Crippen molar-refractivity contribution in [2.75, 3.05) is 0 Å². The topological polar surface area (TPSA) is 26.0 Å². The highest BCUT2D eigenvalue weighted by molar-refractivity contribution is 6.30. The maximum absolute atomic E-state index is 5.98. The molecule has 1 nitrogen and oxygen atoms in total. The third-order valence-corrected chi connectivity index (χ3v) is 2.31. The van der Waals surface area contributed by atoms with E-state index in [-0.39, 0.29) is 6.04 Å². The van der Waals surface area contributed by atoms with Crippen LogP contribution in [0.1, 0.15) is 36.9 Å². The van der Waals surface area contributed by atoms with Crippen LogP contribution < -0.4 is 5.73 Å². The summed E-state index contributed by atoms with van der Waals surface area (Å²) in [6, 6.07) is 6.13. The van der Waals surface area contributed by atoms with Gasteiger partial charge < -0.3 is 5.73 Å². The molecule has 2 N–H and O–H groups in total. The van der Waals surface area contributed by atoms with Gasteiger partial charge in [-0.3, -0.25) is 0 Å². The summed E-state index contributed by atoms with van der Waals surface area (Å²) >= 11 is 5.94. The lowest BCUT2D eigenvalue weighted by molar-refractivity contribution is 0.638. The van der Waals surface area contributed by atoms with Crippen molar-refractivity contribution in [3.8, 4) is 0 Å². The van der Waals surface area contributed by atoms with Crippen LogP contribution in [-0.2, 0) is 0 Å². The second kappa shape index (κ2) is 4.64. The van der Waals surface area contributed by atoms with Crippen LogP contribution in [0.2, 0.25) is 5.02 Å². The first kappa shape index (κ1) is 10.6. The van der Waals surface area contributed by atoms with Crippen molar-refractivity contribution in [1.82, 2.24) is 0 Å². The molecule has 0 aliphatic carbocycles. The van der Waals surface area contributed by atoms with Crippen LogP contribution in [0.25, 0.3) is 0 Å². The molecule has 0 radical (unpaired) electrons. The fourth-order valence-corrected chi connectivity index (χ4v) is 1.75. The molecule has 1 atom stereocenters. The number of hydrogen-bond acceptors (Lipinski definition) is 1. The Morgan fingerprint density at radius 3 is 2.62 bits per heavy atom. The number of halogens is 1. The van der Waals surface area contributed by atoms with Gasteiger partial charge in [0.25, 0.3) is 0 Å². The molecule has 0 amide bonds. The van der Waals surface area contributed by atoms with Crippen molar-refractivity contribution in [3.63, 3.8) is 0 Å². The summed E-state index contributed by atoms with van der Waals surface area (Å²) in [6.07, 6.45) is 2.12. The van der Waals surface area contributed by atoms with Gasteiger partial charge in [0.05, 0.1) is 0 Å². The zero-order chi connectivity index (χ0) is 9.84. The van der Waals surface area contributed by atoms with Crippen LogP contribution in [0.5, 0.6) is 0 Å². The zero-order valence-corrected chi connectivity index (χ0v) is 8.93. The maximum Gasteiger partial charge on any atom is 0.0411 e. The lowest BCUT2D eigenvalue weighted by atomic mass is 10.0. The molecule has 0 bridgehead atoms. The van der Waals surface area contributed by atoms with Gasteiger partial charge in [0, 0.05) is 11.1 Å². The number of nitrogens with two attached hydrogens (primary N) is 1. The second-order valence-corrected chi connectivity index (χ2v) is 3.89. The Morgan fingerprint density at radius 2 is 2.08 bits per heavy atom. The summed E-state index contributed by atoms with van der Waals surface area (Å²) in [5.74, 6) is 0. The average Bonchev–Trinajstić information content (AvgIpc) is 2.03. The minimum Gasteiger partial charge on any atom is -0.324 e. The Balaban J connectivity index is 2.87. The van der Waals surface area contributed by atoms with Crippen LogP contribution in [-0.4, -0.2) is 0 Å². The molecule has 2 heteroatoms. The first-order valence-electron chi connectivity index (χ1n) is 4.66. The molecule has 0 unspecified atom stereocenters. The summed E-state index contributed by atoms with van der Waals surface area (Å²) in [5, 5.41) is 0.779. The average molecular weight is 198 g/mol. The van der Waals surface area contributed by atoms with Crippen molar-refractivity contribution in [2.45, 2.75) is 32.7 Å². The molecular formula is C11H16ClN. The molecule has 0 heterocycles. The van der Waals surface area contributed by atoms with Crippen molar-refractivity contribution >= 4 is 11.6 Å². The van der Waals surface area contributed by atoms with Crippen molar-refractivity contribution < 1.29 is 0 Å². The van der Waals surface area contributed by atoms with Gasteiger partial charge in [-0.2, -0.15) is 0 Å². The fraction of sp³-hybridized carbons (Fsp3) is 0.455. The molecule has 0 aliphatic heterocycles. The van der Waals surface area contributed by atoms with E-state index in [0.717, 1.165) is 23.4 Å². The Labute approximate surface area is 84.9 Å². The van der Waals surface area contributed by atoms with Gasteiger partial charge in [-0.05, 0) is 36.6 Å². The predicted molar refractivity (Wildman–Crippen MR) is 58.0 cm³/mol. The molecule has 72 valence electrons. The van der Waals surface area contributed by atoms with Gasteiger partial charge in [0.1, 0.15) is 0 Å². The summed E-state index contributed by atoms with van der Waals surface area (Å²) in [6.45, 7) is 4.17. The number of benzene rings is 1. The first-order valence-corrected chi connectivity index (χ1v) is 5.04. The Hall–Kier alpha value is -0.530. The van der Waals surface area contributed by atoms with E-state index < -0.39 is 0 Å². The minimum absolute atomic E-state index is 0.127. The van der Waals surface area contributed by atoms with E-state index in [1.807, 2.05) is 19.1 Å². The smallest absolute Gasteiger partial charge is 0.0411 e. The lowest BCUT2D eigenvalue weighted by Gasteiger charge is -2.11. The van der Waals surface area contributed by atoms with E-state index in [1.54, 1.807) is 0 Å². The van der Waals surface area contributed by atoms with E-state index >= 15 is 0 Å². The third kappa shape index (κ3) is 3.02. The van der Waals surface area contributed by atoms with E-state index in [4.69, 9.17) is 17.3 Å². The molecule has 0 aromatic heterocycles. The molecule has 1 rings (SSSR count). The van der Waals surface area contributed by atoms with E-state index in [0.29, 0.717) is 0 Å². The van der Waals surface area contributed by atoms with E-state index in [1.165, 1.54) is 5.56 Å². The van der Waals surface area contributed by atoms with Crippen molar-refractivity contribution in [1.29, 1.82) is 0 Å². The minimum atomic E-state index is 0.127. The second-order valence-electron chi connectivity index (χ2n) is 3.46. The van der Waals surface area contributed by atoms with Gasteiger partial charge >= 0.3 is 0 Å². The van der Waals surface area contributed by atoms with E-state index in [9.17, 15) is 0 Å². The highest BCUT2D eigenvalue weighted by atomic mass is 35.5. The summed E-state index contributed by atoms with van der Waals surface area (Å²) < 4.78 is 0. The van der Waals surface area contributed by atoms with Gasteiger partial charge in [0.15, 0.2) is 0 Å². The van der Waals surface area contributed by atoms with Crippen LogP contribution in [0.3, 0.4) is 0 Å². The summed E-state index contributed by atoms with van der Waals surface area (Å²) in [4.78, 5) is 0. The Kier molecular flexibility index (Phi) is 3.76. The standard InChI is InChI=1S/C11H16ClN/c1-3-4-11(13)9-5-8(2)6-10(12)7-9/h5-7,11H,3-4,13H2,1-2H3/t11-/m0/s1. The largest absolute Gasteiger partial charge is 0.324 e. The number of hydrogen-bond donors (Lipinski definition) is 1. The van der Waals surface area contributed by atoms with Crippen LogP contribution in [0.15, 0.2) is 18.2 Å². The monoisotopic (exact) mass is 197 g/mol. The SMILES string of the molecule is CCC[C@H](N)c1cc(C)cc(Cl)c1. The molecule has 1 aromatic carbocycles. The maximum atomic E-state index is 5.98.